The van der Waals surface area contributed by atoms with Crippen LogP contribution in [0.2, 0.25) is 0 Å². The molecule has 0 N–H and O–H groups in total. The van der Waals surface area contributed by atoms with Gasteiger partial charge in [-0.05, 0) is 12.6 Å². The molecule has 26 heavy (non-hydrogen) atoms. The van der Waals surface area contributed by atoms with Gasteiger partial charge in [0.25, 0.3) is 0 Å². The van der Waals surface area contributed by atoms with Crippen LogP contribution in [0.1, 0.15) is 17.2 Å². The Morgan fingerprint density at radius 3 is 2.58 bits per heavy atom. The van der Waals surface area contributed by atoms with Gasteiger partial charge in [0, 0.05) is 38.6 Å². The predicted molar refractivity (Wildman–Crippen MR) is 96.3 cm³/mol. The lowest BCUT2D eigenvalue weighted by atomic mass is 10.1. The van der Waals surface area contributed by atoms with Crippen LogP contribution in [0.15, 0.2) is 42.7 Å². The van der Waals surface area contributed by atoms with Gasteiger partial charge in [-0.25, -0.2) is 4.98 Å². The summed E-state index contributed by atoms with van der Waals surface area (Å²) < 4.78 is 5.34. The topological polar surface area (TPSA) is 82.4 Å². The highest BCUT2D eigenvalue weighted by Crippen LogP contribution is 2.25. The molecule has 134 valence electrons. The van der Waals surface area contributed by atoms with E-state index in [1.54, 1.807) is 6.20 Å². The first-order chi connectivity index (χ1) is 12.7. The zero-order valence-electron chi connectivity index (χ0n) is 14.7. The number of carbonyl (C=O) groups excluding carboxylic acids is 1. The number of nitriles is 1. The molecule has 7 nitrogen and oxygen atoms in total. The quantitative estimate of drug-likeness (QED) is 0.756. The lowest BCUT2D eigenvalue weighted by Gasteiger charge is -2.34. The van der Waals surface area contributed by atoms with Gasteiger partial charge in [0.15, 0.2) is 11.7 Å². The minimum Gasteiger partial charge on any atom is -0.460 e. The minimum atomic E-state index is -1.10. The number of aromatic nitrogens is 2. The van der Waals surface area contributed by atoms with Crippen molar-refractivity contribution in [2.24, 2.45) is 0 Å². The maximum absolute atomic E-state index is 12.5. The third-order valence-electron chi connectivity index (χ3n) is 4.37. The van der Waals surface area contributed by atoms with Gasteiger partial charge in [-0.3, -0.25) is 9.78 Å². The van der Waals surface area contributed by atoms with Crippen molar-refractivity contribution in [2.45, 2.75) is 12.5 Å². The fourth-order valence-corrected chi connectivity index (χ4v) is 2.84. The molecule has 2 aromatic rings. The number of carbonyl (C=O) groups is 1. The fourth-order valence-electron chi connectivity index (χ4n) is 2.84. The van der Waals surface area contributed by atoms with Crippen molar-refractivity contribution in [1.82, 2.24) is 14.9 Å². The molecule has 0 aliphatic carbocycles. The van der Waals surface area contributed by atoms with Crippen molar-refractivity contribution in [2.75, 3.05) is 38.1 Å². The Morgan fingerprint density at radius 2 is 1.88 bits per heavy atom. The summed E-state index contributed by atoms with van der Waals surface area (Å²) in [4.78, 5) is 25.4. The van der Waals surface area contributed by atoms with Crippen molar-refractivity contribution < 1.29 is 9.53 Å². The van der Waals surface area contributed by atoms with E-state index in [1.807, 2.05) is 36.4 Å². The Labute approximate surface area is 152 Å². The van der Waals surface area contributed by atoms with Crippen LogP contribution in [0.5, 0.6) is 0 Å². The number of ether oxygens (including phenoxy) is 1. The van der Waals surface area contributed by atoms with Gasteiger partial charge in [0.1, 0.15) is 12.3 Å². The first-order valence-electron chi connectivity index (χ1n) is 8.53. The van der Waals surface area contributed by atoms with E-state index in [2.05, 4.69) is 26.8 Å². The third kappa shape index (κ3) is 4.16. The average Bonchev–Trinajstić information content (AvgIpc) is 2.69. The summed E-state index contributed by atoms with van der Waals surface area (Å²) in [5.74, 6) is -1.11. The Balaban J connectivity index is 1.75. The molecule has 1 saturated heterocycles. The maximum Gasteiger partial charge on any atom is 0.330 e. The second-order valence-electron chi connectivity index (χ2n) is 6.21. The highest BCUT2D eigenvalue weighted by atomic mass is 16.5. The highest BCUT2D eigenvalue weighted by Gasteiger charge is 2.30. The fraction of sp³-hybridized carbons (Fsp3) is 0.368. The number of benzene rings is 1. The van der Waals surface area contributed by atoms with Crippen LogP contribution >= 0.6 is 0 Å². The molecule has 1 fully saturated rings. The normalized spacial score (nSPS) is 15.9. The number of hydrogen-bond acceptors (Lipinski definition) is 7. The molecule has 7 heteroatoms. The van der Waals surface area contributed by atoms with Crippen molar-refractivity contribution in [3.63, 3.8) is 0 Å². The summed E-state index contributed by atoms with van der Waals surface area (Å²) in [6, 6.07) is 11.4. The molecule has 0 spiro atoms. The standard InChI is InChI=1S/C19H21N5O2/c1-23-9-11-24(12-10-23)18-17(21-7-8-22-18)16(13-20)19(25)26-14-15-5-3-2-4-6-15/h2-8,16H,9-12,14H2,1H3. The van der Waals surface area contributed by atoms with Crippen LogP contribution < -0.4 is 4.90 Å². The van der Waals surface area contributed by atoms with E-state index in [0.717, 1.165) is 31.7 Å². The lowest BCUT2D eigenvalue weighted by Crippen LogP contribution is -2.45. The molecule has 2 heterocycles. The molecular formula is C19H21N5O2. The van der Waals surface area contributed by atoms with E-state index in [1.165, 1.54) is 6.20 Å². The van der Waals surface area contributed by atoms with Gasteiger partial charge in [-0.2, -0.15) is 5.26 Å². The zero-order chi connectivity index (χ0) is 18.4. The molecule has 1 aliphatic heterocycles. The molecule has 1 unspecified atom stereocenters. The summed E-state index contributed by atoms with van der Waals surface area (Å²) in [5.41, 5.74) is 1.23. The number of hydrogen-bond donors (Lipinski definition) is 0. The number of nitrogens with zero attached hydrogens (tertiary/aromatic N) is 5. The summed E-state index contributed by atoms with van der Waals surface area (Å²) >= 11 is 0. The van der Waals surface area contributed by atoms with Crippen LogP contribution in [0.4, 0.5) is 5.82 Å². The first-order valence-corrected chi connectivity index (χ1v) is 8.53. The molecule has 3 rings (SSSR count). The van der Waals surface area contributed by atoms with Crippen molar-refractivity contribution in [1.29, 1.82) is 5.26 Å². The monoisotopic (exact) mass is 351 g/mol. The minimum absolute atomic E-state index is 0.127. The van der Waals surface area contributed by atoms with E-state index in [0.29, 0.717) is 11.5 Å². The number of rotatable bonds is 5. The van der Waals surface area contributed by atoms with Crippen LogP contribution in [-0.2, 0) is 16.1 Å². The van der Waals surface area contributed by atoms with E-state index in [9.17, 15) is 10.1 Å². The van der Waals surface area contributed by atoms with Gasteiger partial charge in [0.05, 0.1) is 6.07 Å². The Morgan fingerprint density at radius 1 is 1.19 bits per heavy atom. The molecule has 0 bridgehead atoms. The third-order valence-corrected chi connectivity index (χ3v) is 4.37. The number of piperazine rings is 1. The van der Waals surface area contributed by atoms with Gasteiger partial charge in [0.2, 0.25) is 0 Å². The second kappa shape index (κ2) is 8.41. The van der Waals surface area contributed by atoms with E-state index < -0.39 is 11.9 Å². The summed E-state index contributed by atoms with van der Waals surface area (Å²) in [6.07, 6.45) is 3.09. The molecule has 1 aromatic heterocycles. The van der Waals surface area contributed by atoms with Gasteiger partial charge in [-0.1, -0.05) is 30.3 Å². The van der Waals surface area contributed by atoms with Gasteiger partial charge < -0.3 is 14.5 Å². The van der Waals surface area contributed by atoms with Gasteiger partial charge >= 0.3 is 5.97 Å². The lowest BCUT2D eigenvalue weighted by molar-refractivity contribution is -0.145. The van der Waals surface area contributed by atoms with Crippen LogP contribution in [-0.4, -0.2) is 54.1 Å². The zero-order valence-corrected chi connectivity index (χ0v) is 14.7. The summed E-state index contributed by atoms with van der Waals surface area (Å²) in [5, 5.41) is 9.57. The summed E-state index contributed by atoms with van der Waals surface area (Å²) in [6.45, 7) is 3.47. The first kappa shape index (κ1) is 17.8. The van der Waals surface area contributed by atoms with E-state index in [-0.39, 0.29) is 6.61 Å². The van der Waals surface area contributed by atoms with Crippen LogP contribution in [0.3, 0.4) is 0 Å². The Kier molecular flexibility index (Phi) is 5.77. The molecule has 0 radical (unpaired) electrons. The van der Waals surface area contributed by atoms with Gasteiger partial charge in [-0.15, -0.1) is 0 Å². The molecule has 0 amide bonds. The smallest absolute Gasteiger partial charge is 0.330 e. The second-order valence-corrected chi connectivity index (χ2v) is 6.21. The maximum atomic E-state index is 12.5. The SMILES string of the molecule is CN1CCN(c2nccnc2C(C#N)C(=O)OCc2ccccc2)CC1. The average molecular weight is 351 g/mol. The molecule has 1 aromatic carbocycles. The molecule has 1 atom stereocenters. The Bertz CT molecular complexity index is 782. The number of likely N-dealkylation sites (N-methyl/N-ethyl adjacent to an activating group) is 1. The number of anilines is 1. The van der Waals surface area contributed by atoms with Crippen molar-refractivity contribution in [3.8, 4) is 6.07 Å². The van der Waals surface area contributed by atoms with Crippen molar-refractivity contribution >= 4 is 11.8 Å². The van der Waals surface area contributed by atoms with E-state index >= 15 is 0 Å². The van der Waals surface area contributed by atoms with Crippen LogP contribution in [0, 0.1) is 11.3 Å². The Hall–Kier alpha value is -2.98. The van der Waals surface area contributed by atoms with Crippen molar-refractivity contribution in [3.05, 3.63) is 54.0 Å². The summed E-state index contributed by atoms with van der Waals surface area (Å²) in [7, 11) is 2.06. The largest absolute Gasteiger partial charge is 0.460 e. The molecular weight excluding hydrogens is 330 g/mol. The predicted octanol–water partition coefficient (Wildman–Crippen LogP) is 1.58. The van der Waals surface area contributed by atoms with Crippen LogP contribution in [0.25, 0.3) is 0 Å². The molecule has 0 saturated carbocycles. The van der Waals surface area contributed by atoms with E-state index in [4.69, 9.17) is 4.74 Å². The highest BCUT2D eigenvalue weighted by molar-refractivity contribution is 5.82. The molecule has 1 aliphatic rings. The number of esters is 1.